The van der Waals surface area contributed by atoms with Gasteiger partial charge < -0.3 is 5.32 Å². The molecule has 184 valence electrons. The Morgan fingerprint density at radius 3 is 2.38 bits per heavy atom. The van der Waals surface area contributed by atoms with E-state index in [9.17, 15) is 13.2 Å². The van der Waals surface area contributed by atoms with Crippen molar-refractivity contribution >= 4 is 50.1 Å². The molecule has 1 amide bonds. The molecule has 0 bridgehead atoms. The number of anilines is 2. The lowest BCUT2D eigenvalue weighted by molar-refractivity contribution is 0.102. The Kier molecular flexibility index (Phi) is 6.56. The van der Waals surface area contributed by atoms with Gasteiger partial charge in [-0.1, -0.05) is 48.0 Å². The van der Waals surface area contributed by atoms with Crippen LogP contribution in [0.2, 0.25) is 5.02 Å². The van der Waals surface area contributed by atoms with E-state index in [1.54, 1.807) is 25.1 Å². The molecule has 2 N–H and O–H groups in total. The third kappa shape index (κ3) is 5.28. The Bertz CT molecular complexity index is 1740. The molecule has 5 rings (SSSR count). The van der Waals surface area contributed by atoms with Crippen LogP contribution >= 0.6 is 11.6 Å². The van der Waals surface area contributed by atoms with Gasteiger partial charge in [-0.2, -0.15) is 0 Å². The lowest BCUT2D eigenvalue weighted by Crippen LogP contribution is -2.16. The van der Waals surface area contributed by atoms with Crippen molar-refractivity contribution < 1.29 is 13.2 Å². The van der Waals surface area contributed by atoms with Gasteiger partial charge in [-0.3, -0.25) is 4.79 Å². The summed E-state index contributed by atoms with van der Waals surface area (Å²) < 4.78 is 27.8. The number of rotatable bonds is 6. The number of halogens is 1. The number of amides is 1. The smallest absolute Gasteiger partial charge is 0.264 e. The summed E-state index contributed by atoms with van der Waals surface area (Å²) in [4.78, 5) is 26.0. The first-order chi connectivity index (χ1) is 17.8. The highest BCUT2D eigenvalue weighted by molar-refractivity contribution is 7.92. The SMILES string of the molecule is Cc1ccnc(NS(=O)(=O)c2ccc(NC(=O)c3cc(-c4ccccc4Cl)nc4ccccc34)cc2)n1. The van der Waals surface area contributed by atoms with E-state index in [4.69, 9.17) is 11.6 Å². The van der Waals surface area contributed by atoms with Crippen LogP contribution in [0.4, 0.5) is 11.6 Å². The van der Waals surface area contributed by atoms with Crippen molar-refractivity contribution in [2.45, 2.75) is 11.8 Å². The number of hydrogen-bond acceptors (Lipinski definition) is 6. The molecule has 0 spiro atoms. The first-order valence-corrected chi connectivity index (χ1v) is 13.0. The molecule has 8 nitrogen and oxygen atoms in total. The van der Waals surface area contributed by atoms with Gasteiger partial charge in [0.05, 0.1) is 21.7 Å². The van der Waals surface area contributed by atoms with Gasteiger partial charge >= 0.3 is 0 Å². The standard InChI is InChI=1S/C27H20ClN5O3S/c1-17-14-15-29-27(30-17)33-37(35,36)19-12-10-18(11-13-19)31-26(34)22-16-25(21-7-2-4-8-23(21)28)32-24-9-5-3-6-20(22)24/h2-16H,1H3,(H,31,34)(H,29,30,33). The quantitative estimate of drug-likeness (QED) is 0.291. The molecule has 37 heavy (non-hydrogen) atoms. The molecule has 0 aliphatic rings. The fourth-order valence-electron chi connectivity index (χ4n) is 3.76. The largest absolute Gasteiger partial charge is 0.322 e. The van der Waals surface area contributed by atoms with E-state index in [2.05, 4.69) is 25.0 Å². The molecule has 0 aliphatic heterocycles. The molecule has 0 atom stereocenters. The maximum Gasteiger partial charge on any atom is 0.264 e. The van der Waals surface area contributed by atoms with Crippen molar-refractivity contribution in [2.75, 3.05) is 10.0 Å². The fourth-order valence-corrected chi connectivity index (χ4v) is 4.95. The van der Waals surface area contributed by atoms with Gasteiger partial charge in [0.15, 0.2) is 0 Å². The molecule has 0 fully saturated rings. The van der Waals surface area contributed by atoms with Gasteiger partial charge in [0.1, 0.15) is 0 Å². The molecule has 2 aromatic heterocycles. The number of sulfonamides is 1. The summed E-state index contributed by atoms with van der Waals surface area (Å²) in [5, 5.41) is 4.04. The highest BCUT2D eigenvalue weighted by Gasteiger charge is 2.18. The number of aromatic nitrogens is 3. The molecule has 2 heterocycles. The van der Waals surface area contributed by atoms with Crippen molar-refractivity contribution in [3.63, 3.8) is 0 Å². The van der Waals surface area contributed by atoms with Crippen LogP contribution in [0.1, 0.15) is 16.1 Å². The van der Waals surface area contributed by atoms with Crippen LogP contribution < -0.4 is 10.0 Å². The van der Waals surface area contributed by atoms with Crippen molar-refractivity contribution in [3.8, 4) is 11.3 Å². The molecule has 0 saturated carbocycles. The molecule has 0 aliphatic carbocycles. The van der Waals surface area contributed by atoms with Crippen LogP contribution in [0.25, 0.3) is 22.2 Å². The molecular weight excluding hydrogens is 510 g/mol. The second-order valence-electron chi connectivity index (χ2n) is 8.16. The summed E-state index contributed by atoms with van der Waals surface area (Å²) in [6.07, 6.45) is 1.47. The fraction of sp³-hybridized carbons (Fsp3) is 0.0370. The molecule has 0 unspecified atom stereocenters. The van der Waals surface area contributed by atoms with E-state index in [0.717, 1.165) is 0 Å². The molecule has 0 radical (unpaired) electrons. The minimum atomic E-state index is -3.91. The van der Waals surface area contributed by atoms with Gasteiger partial charge in [0.25, 0.3) is 15.9 Å². The third-order valence-electron chi connectivity index (χ3n) is 5.55. The first kappa shape index (κ1) is 24.4. The Balaban J connectivity index is 1.42. The number of carbonyl (C=O) groups is 1. The summed E-state index contributed by atoms with van der Waals surface area (Å²) in [6, 6.07) is 23.8. The Morgan fingerprint density at radius 2 is 1.62 bits per heavy atom. The number of para-hydroxylation sites is 1. The minimum Gasteiger partial charge on any atom is -0.322 e. The van der Waals surface area contributed by atoms with Gasteiger partial charge in [-0.25, -0.2) is 28.1 Å². The number of benzene rings is 3. The molecular formula is C27H20ClN5O3S. The second kappa shape index (κ2) is 9.96. The highest BCUT2D eigenvalue weighted by Crippen LogP contribution is 2.30. The van der Waals surface area contributed by atoms with Gasteiger partial charge in [-0.05, 0) is 55.5 Å². The van der Waals surface area contributed by atoms with Crippen LogP contribution in [-0.2, 0) is 10.0 Å². The first-order valence-electron chi connectivity index (χ1n) is 11.2. The van der Waals surface area contributed by atoms with E-state index in [1.165, 1.54) is 30.5 Å². The zero-order valence-electron chi connectivity index (χ0n) is 19.5. The van der Waals surface area contributed by atoms with Crippen LogP contribution in [0, 0.1) is 6.92 Å². The highest BCUT2D eigenvalue weighted by atomic mass is 35.5. The number of nitrogens with zero attached hydrogens (tertiary/aromatic N) is 3. The summed E-state index contributed by atoms with van der Waals surface area (Å²) in [5.74, 6) is -0.384. The monoisotopic (exact) mass is 529 g/mol. The van der Waals surface area contributed by atoms with Crippen molar-refractivity contribution in [1.82, 2.24) is 15.0 Å². The summed E-state index contributed by atoms with van der Waals surface area (Å²) >= 11 is 6.38. The number of aryl methyl sites for hydroxylation is 1. The van der Waals surface area contributed by atoms with E-state index >= 15 is 0 Å². The summed E-state index contributed by atoms with van der Waals surface area (Å²) in [5.41, 5.74) is 3.40. The van der Waals surface area contributed by atoms with Crippen molar-refractivity contribution in [3.05, 3.63) is 107 Å². The van der Waals surface area contributed by atoms with E-state index in [1.807, 2.05) is 42.5 Å². The Hall–Kier alpha value is -4.34. The average molecular weight is 530 g/mol. The average Bonchev–Trinajstić information content (AvgIpc) is 2.88. The van der Waals surface area contributed by atoms with E-state index < -0.39 is 10.0 Å². The zero-order chi connectivity index (χ0) is 26.0. The van der Waals surface area contributed by atoms with Gasteiger partial charge in [0, 0.05) is 33.6 Å². The van der Waals surface area contributed by atoms with Crippen molar-refractivity contribution in [1.29, 1.82) is 0 Å². The lowest BCUT2D eigenvalue weighted by atomic mass is 10.0. The number of fused-ring (bicyclic) bond motifs is 1. The second-order valence-corrected chi connectivity index (χ2v) is 10.2. The predicted molar refractivity (Wildman–Crippen MR) is 144 cm³/mol. The number of carbonyl (C=O) groups excluding carboxylic acids is 1. The van der Waals surface area contributed by atoms with E-state index in [-0.39, 0.29) is 16.8 Å². The van der Waals surface area contributed by atoms with Crippen LogP contribution in [-0.4, -0.2) is 29.3 Å². The maximum absolute atomic E-state index is 13.3. The van der Waals surface area contributed by atoms with Gasteiger partial charge in [-0.15, -0.1) is 0 Å². The number of pyridine rings is 1. The van der Waals surface area contributed by atoms with Crippen molar-refractivity contribution in [2.24, 2.45) is 0 Å². The molecule has 3 aromatic carbocycles. The van der Waals surface area contributed by atoms with Crippen LogP contribution in [0.5, 0.6) is 0 Å². The predicted octanol–water partition coefficient (Wildman–Crippen LogP) is 5.71. The van der Waals surface area contributed by atoms with E-state index in [0.29, 0.717) is 44.1 Å². The zero-order valence-corrected chi connectivity index (χ0v) is 21.1. The topological polar surface area (TPSA) is 114 Å². The molecule has 5 aromatic rings. The lowest BCUT2D eigenvalue weighted by Gasteiger charge is -2.12. The van der Waals surface area contributed by atoms with Crippen LogP contribution in [0.3, 0.4) is 0 Å². The summed E-state index contributed by atoms with van der Waals surface area (Å²) in [6.45, 7) is 1.74. The maximum atomic E-state index is 13.3. The van der Waals surface area contributed by atoms with Crippen LogP contribution in [0.15, 0.2) is 96.0 Å². The third-order valence-corrected chi connectivity index (χ3v) is 7.23. The number of nitrogens with one attached hydrogen (secondary N) is 2. The molecule has 0 saturated heterocycles. The molecule has 10 heteroatoms. The van der Waals surface area contributed by atoms with Gasteiger partial charge in [0.2, 0.25) is 5.95 Å². The Morgan fingerprint density at radius 1 is 0.892 bits per heavy atom. The number of hydrogen-bond donors (Lipinski definition) is 2. The summed E-state index contributed by atoms with van der Waals surface area (Å²) in [7, 11) is -3.91. The normalized spacial score (nSPS) is 11.3. The Labute approximate surface area is 218 Å². The minimum absolute atomic E-state index is 0.00553.